The summed E-state index contributed by atoms with van der Waals surface area (Å²) in [5.41, 5.74) is 2.45. The second kappa shape index (κ2) is 4.42. The van der Waals surface area contributed by atoms with Crippen LogP contribution >= 0.6 is 11.8 Å². The van der Waals surface area contributed by atoms with E-state index >= 15 is 0 Å². The average Bonchev–Trinajstić information content (AvgIpc) is 2.55. The fourth-order valence-corrected chi connectivity index (χ4v) is 2.65. The Hall–Kier alpha value is -1.09. The largest absolute Gasteiger partial charge is 0.508 e. The van der Waals surface area contributed by atoms with Crippen LogP contribution in [0.3, 0.4) is 0 Å². The van der Waals surface area contributed by atoms with Crippen molar-refractivity contribution in [3.63, 3.8) is 0 Å². The molecule has 0 amide bonds. The van der Waals surface area contributed by atoms with Crippen LogP contribution in [-0.2, 0) is 5.75 Å². The van der Waals surface area contributed by atoms with Crippen molar-refractivity contribution < 1.29 is 5.11 Å². The molecule has 1 N–H and O–H groups in total. The summed E-state index contributed by atoms with van der Waals surface area (Å²) in [5, 5.41) is 10.8. The molecule has 0 aliphatic rings. The van der Waals surface area contributed by atoms with Crippen LogP contribution in [0.25, 0.3) is 10.9 Å². The monoisotopic (exact) mass is 235 g/mol. The van der Waals surface area contributed by atoms with Crippen LogP contribution in [0.1, 0.15) is 25.6 Å². The molecule has 0 saturated heterocycles. The van der Waals surface area contributed by atoms with Gasteiger partial charge in [-0.1, -0.05) is 0 Å². The second-order valence-electron chi connectivity index (χ2n) is 4.28. The molecule has 0 fully saturated rings. The van der Waals surface area contributed by atoms with Gasteiger partial charge in [0.05, 0.1) is 5.52 Å². The number of fused-ring (bicyclic) bond motifs is 1. The van der Waals surface area contributed by atoms with Crippen LogP contribution in [0.2, 0.25) is 0 Å². The van der Waals surface area contributed by atoms with Gasteiger partial charge in [0.15, 0.2) is 0 Å². The molecule has 0 aliphatic heterocycles. The highest BCUT2D eigenvalue weighted by Gasteiger charge is 2.11. The van der Waals surface area contributed by atoms with E-state index in [1.54, 1.807) is 6.07 Å². The van der Waals surface area contributed by atoms with Gasteiger partial charge in [-0.05, 0) is 38.3 Å². The first-order valence-corrected chi connectivity index (χ1v) is 6.84. The second-order valence-corrected chi connectivity index (χ2v) is 5.14. The normalized spacial score (nSPS) is 11.5. The smallest absolute Gasteiger partial charge is 0.117 e. The third kappa shape index (κ3) is 1.92. The van der Waals surface area contributed by atoms with Crippen molar-refractivity contribution >= 4 is 22.7 Å². The molecule has 2 aromatic rings. The van der Waals surface area contributed by atoms with E-state index in [1.165, 1.54) is 11.1 Å². The van der Waals surface area contributed by atoms with E-state index in [0.29, 0.717) is 11.8 Å². The Morgan fingerprint density at radius 1 is 1.31 bits per heavy atom. The quantitative estimate of drug-likeness (QED) is 0.875. The fraction of sp³-hybridized carbons (Fsp3) is 0.385. The van der Waals surface area contributed by atoms with Gasteiger partial charge in [-0.3, -0.25) is 0 Å². The Bertz CT molecular complexity index is 502. The Balaban J connectivity index is 2.67. The Labute approximate surface area is 100 Å². The lowest BCUT2D eigenvalue weighted by molar-refractivity contribution is 0.475. The molecule has 2 rings (SSSR count). The van der Waals surface area contributed by atoms with Gasteiger partial charge in [-0.2, -0.15) is 11.8 Å². The zero-order valence-corrected chi connectivity index (χ0v) is 10.7. The first-order valence-electron chi connectivity index (χ1n) is 5.45. The summed E-state index contributed by atoms with van der Waals surface area (Å²) >= 11 is 1.82. The summed E-state index contributed by atoms with van der Waals surface area (Å²) in [6.07, 6.45) is 2.11. The molecule has 0 radical (unpaired) electrons. The van der Waals surface area contributed by atoms with Crippen molar-refractivity contribution in [2.24, 2.45) is 0 Å². The maximum Gasteiger partial charge on any atom is 0.117 e. The first kappa shape index (κ1) is 11.4. The number of nitrogens with zero attached hydrogens (tertiary/aromatic N) is 1. The summed E-state index contributed by atoms with van der Waals surface area (Å²) in [6, 6.07) is 8.20. The van der Waals surface area contributed by atoms with E-state index in [-0.39, 0.29) is 0 Å². The molecule has 0 spiro atoms. The zero-order valence-electron chi connectivity index (χ0n) is 9.90. The summed E-state index contributed by atoms with van der Waals surface area (Å²) in [6.45, 7) is 4.35. The highest BCUT2D eigenvalue weighted by molar-refractivity contribution is 7.97. The van der Waals surface area contributed by atoms with Crippen molar-refractivity contribution in [2.75, 3.05) is 6.26 Å². The third-order valence-electron chi connectivity index (χ3n) is 2.71. The van der Waals surface area contributed by atoms with Crippen molar-refractivity contribution in [2.45, 2.75) is 25.6 Å². The number of phenols is 1. The summed E-state index contributed by atoms with van der Waals surface area (Å²) in [7, 11) is 0. The van der Waals surface area contributed by atoms with Gasteiger partial charge in [-0.15, -0.1) is 0 Å². The van der Waals surface area contributed by atoms with E-state index in [0.717, 1.165) is 11.3 Å². The van der Waals surface area contributed by atoms with Crippen LogP contribution in [-0.4, -0.2) is 15.9 Å². The Morgan fingerprint density at radius 2 is 2.06 bits per heavy atom. The van der Waals surface area contributed by atoms with Crippen LogP contribution in [0, 0.1) is 0 Å². The molecule has 0 saturated carbocycles. The molecule has 0 atom stereocenters. The lowest BCUT2D eigenvalue weighted by Gasteiger charge is -2.14. The summed E-state index contributed by atoms with van der Waals surface area (Å²) in [4.78, 5) is 0. The van der Waals surface area contributed by atoms with Crippen molar-refractivity contribution in [3.05, 3.63) is 30.0 Å². The van der Waals surface area contributed by atoms with Crippen LogP contribution in [0.4, 0.5) is 0 Å². The molecule has 2 nitrogen and oxygen atoms in total. The standard InChI is InChI=1S/C13H17NOS/c1-9(2)14-11(8-16-3)6-10-4-5-12(15)7-13(10)14/h4-7,9,15H,8H2,1-3H3. The highest BCUT2D eigenvalue weighted by Crippen LogP contribution is 2.28. The Morgan fingerprint density at radius 3 is 2.69 bits per heavy atom. The van der Waals surface area contributed by atoms with Crippen LogP contribution in [0.5, 0.6) is 5.75 Å². The predicted molar refractivity (Wildman–Crippen MR) is 71.2 cm³/mol. The van der Waals surface area contributed by atoms with Crippen LogP contribution in [0.15, 0.2) is 24.3 Å². The maximum absolute atomic E-state index is 9.56. The highest BCUT2D eigenvalue weighted by atomic mass is 32.2. The van der Waals surface area contributed by atoms with E-state index in [4.69, 9.17) is 0 Å². The van der Waals surface area contributed by atoms with Gasteiger partial charge in [0.1, 0.15) is 5.75 Å². The number of aromatic hydroxyl groups is 1. The third-order valence-corrected chi connectivity index (χ3v) is 3.30. The summed E-state index contributed by atoms with van der Waals surface area (Å²) < 4.78 is 2.30. The molecular formula is C13H17NOS. The minimum absolute atomic E-state index is 0.336. The number of benzene rings is 1. The van der Waals surface area contributed by atoms with Gasteiger partial charge >= 0.3 is 0 Å². The Kier molecular flexibility index (Phi) is 3.15. The minimum Gasteiger partial charge on any atom is -0.508 e. The number of hydrogen-bond donors (Lipinski definition) is 1. The van der Waals surface area contributed by atoms with Crippen molar-refractivity contribution in [3.8, 4) is 5.75 Å². The molecule has 1 aromatic heterocycles. The molecule has 86 valence electrons. The molecule has 0 bridgehead atoms. The van der Waals surface area contributed by atoms with Gasteiger partial charge < -0.3 is 9.67 Å². The van der Waals surface area contributed by atoms with Gasteiger partial charge in [-0.25, -0.2) is 0 Å². The molecule has 1 heterocycles. The molecular weight excluding hydrogens is 218 g/mol. The predicted octanol–water partition coefficient (Wildman–Crippen LogP) is 3.79. The number of thioether (sulfide) groups is 1. The topological polar surface area (TPSA) is 25.2 Å². The van der Waals surface area contributed by atoms with E-state index < -0.39 is 0 Å². The van der Waals surface area contributed by atoms with E-state index in [1.807, 2.05) is 23.9 Å². The van der Waals surface area contributed by atoms with Crippen molar-refractivity contribution in [1.29, 1.82) is 0 Å². The van der Waals surface area contributed by atoms with Gasteiger partial charge in [0.2, 0.25) is 0 Å². The number of phenolic OH excluding ortho intramolecular Hbond substituents is 1. The minimum atomic E-state index is 0.336. The molecule has 3 heteroatoms. The van der Waals surface area contributed by atoms with Gasteiger partial charge in [0, 0.05) is 28.9 Å². The maximum atomic E-state index is 9.56. The van der Waals surface area contributed by atoms with E-state index in [2.05, 4.69) is 30.7 Å². The van der Waals surface area contributed by atoms with Crippen molar-refractivity contribution in [1.82, 2.24) is 4.57 Å². The summed E-state index contributed by atoms with van der Waals surface area (Å²) in [5.74, 6) is 1.34. The SMILES string of the molecule is CSCc1cc2ccc(O)cc2n1C(C)C. The van der Waals surface area contributed by atoms with E-state index in [9.17, 15) is 5.11 Å². The fourth-order valence-electron chi connectivity index (χ4n) is 2.14. The number of aromatic nitrogens is 1. The first-order chi connectivity index (χ1) is 7.63. The van der Waals surface area contributed by atoms with Gasteiger partial charge in [0.25, 0.3) is 0 Å². The van der Waals surface area contributed by atoms with Crippen LogP contribution < -0.4 is 0 Å². The molecule has 0 aliphatic carbocycles. The lowest BCUT2D eigenvalue weighted by Crippen LogP contribution is -2.04. The average molecular weight is 235 g/mol. The number of hydrogen-bond acceptors (Lipinski definition) is 2. The molecule has 16 heavy (non-hydrogen) atoms. The number of rotatable bonds is 3. The zero-order chi connectivity index (χ0) is 11.7. The lowest BCUT2D eigenvalue weighted by atomic mass is 10.2. The molecule has 1 aromatic carbocycles. The molecule has 0 unspecified atom stereocenters.